The lowest BCUT2D eigenvalue weighted by Crippen LogP contribution is -2.64. The molecule has 0 aromatic carbocycles. The molecule has 1 aliphatic rings. The van der Waals surface area contributed by atoms with E-state index in [0.717, 1.165) is 11.3 Å². The highest BCUT2D eigenvalue weighted by Gasteiger charge is 2.48. The summed E-state index contributed by atoms with van der Waals surface area (Å²) >= 11 is 0. The van der Waals surface area contributed by atoms with Crippen LogP contribution in [0.1, 0.15) is 27.2 Å². The third kappa shape index (κ3) is 3.35. The van der Waals surface area contributed by atoms with Gasteiger partial charge in [0.15, 0.2) is 5.65 Å². The number of anilines is 1. The van der Waals surface area contributed by atoms with Crippen molar-refractivity contribution in [3.63, 3.8) is 0 Å². The standard InChI is InChI=1S/C19H22N8O2/c1-18(2,3)29-17(28)25-11-19(12-25,7-8-20)26-10-13(9-22-26)14-5-4-6-15-23-16(21)24-27(14)15/h4-6,9-10H,7,11-12H2,1-3H3,(H2,21,24). The fourth-order valence-corrected chi connectivity index (χ4v) is 3.46. The molecule has 1 amide bonds. The zero-order valence-electron chi connectivity index (χ0n) is 16.5. The Labute approximate surface area is 167 Å². The molecular weight excluding hydrogens is 372 g/mol. The van der Waals surface area contributed by atoms with Crippen molar-refractivity contribution in [3.8, 4) is 17.3 Å². The van der Waals surface area contributed by atoms with Crippen molar-refractivity contribution in [1.82, 2.24) is 29.3 Å². The van der Waals surface area contributed by atoms with Crippen molar-refractivity contribution in [1.29, 1.82) is 5.26 Å². The van der Waals surface area contributed by atoms with Gasteiger partial charge in [-0.2, -0.15) is 15.3 Å². The van der Waals surface area contributed by atoms with E-state index in [4.69, 9.17) is 10.5 Å². The molecule has 0 saturated carbocycles. The number of nitriles is 1. The summed E-state index contributed by atoms with van der Waals surface area (Å²) in [5.74, 6) is 0.192. The molecule has 0 aliphatic carbocycles. The van der Waals surface area contributed by atoms with Gasteiger partial charge < -0.3 is 15.4 Å². The Morgan fingerprint density at radius 1 is 1.38 bits per heavy atom. The second-order valence-electron chi connectivity index (χ2n) is 8.22. The minimum absolute atomic E-state index is 0.192. The Morgan fingerprint density at radius 2 is 2.14 bits per heavy atom. The second-order valence-corrected chi connectivity index (χ2v) is 8.22. The van der Waals surface area contributed by atoms with Crippen molar-refractivity contribution in [2.45, 2.75) is 38.3 Å². The summed E-state index contributed by atoms with van der Waals surface area (Å²) < 4.78 is 8.83. The molecule has 0 spiro atoms. The summed E-state index contributed by atoms with van der Waals surface area (Å²) in [5.41, 5.74) is 6.81. The number of fused-ring (bicyclic) bond motifs is 1. The number of hydrogen-bond acceptors (Lipinski definition) is 7. The Balaban J connectivity index is 1.60. The first-order valence-electron chi connectivity index (χ1n) is 9.22. The van der Waals surface area contributed by atoms with E-state index in [1.807, 2.05) is 45.2 Å². The molecular formula is C19H22N8O2. The van der Waals surface area contributed by atoms with Gasteiger partial charge >= 0.3 is 6.09 Å². The van der Waals surface area contributed by atoms with Gasteiger partial charge in [0.1, 0.15) is 11.1 Å². The molecule has 3 aromatic heterocycles. The van der Waals surface area contributed by atoms with Crippen LogP contribution in [0.5, 0.6) is 0 Å². The van der Waals surface area contributed by atoms with Crippen molar-refractivity contribution in [2.24, 2.45) is 0 Å². The molecule has 1 saturated heterocycles. The highest BCUT2D eigenvalue weighted by atomic mass is 16.6. The first-order valence-corrected chi connectivity index (χ1v) is 9.22. The Hall–Kier alpha value is -3.61. The van der Waals surface area contributed by atoms with Crippen molar-refractivity contribution >= 4 is 17.7 Å². The topological polar surface area (TPSA) is 127 Å². The summed E-state index contributed by atoms with van der Waals surface area (Å²) in [7, 11) is 0. The van der Waals surface area contributed by atoms with Crippen LogP contribution < -0.4 is 5.73 Å². The first-order chi connectivity index (χ1) is 13.7. The maximum absolute atomic E-state index is 12.3. The number of nitrogens with two attached hydrogens (primary N) is 1. The number of amides is 1. The molecule has 4 heterocycles. The average Bonchev–Trinajstić information content (AvgIpc) is 3.21. The number of nitrogen functional groups attached to an aromatic ring is 1. The zero-order chi connectivity index (χ0) is 20.8. The van der Waals surface area contributed by atoms with Gasteiger partial charge in [-0.25, -0.2) is 9.31 Å². The lowest BCUT2D eigenvalue weighted by Gasteiger charge is -2.48. The molecule has 3 aromatic rings. The molecule has 1 aliphatic heterocycles. The first kappa shape index (κ1) is 18.7. The zero-order valence-corrected chi connectivity index (χ0v) is 16.5. The Bertz CT molecular complexity index is 1110. The number of aromatic nitrogens is 5. The molecule has 2 N–H and O–H groups in total. The summed E-state index contributed by atoms with van der Waals surface area (Å²) in [5, 5.41) is 18.1. The Morgan fingerprint density at radius 3 is 2.83 bits per heavy atom. The summed E-state index contributed by atoms with van der Waals surface area (Å²) in [6, 6.07) is 7.80. The molecule has 0 unspecified atom stereocenters. The van der Waals surface area contributed by atoms with Crippen LogP contribution in [-0.4, -0.2) is 54.1 Å². The van der Waals surface area contributed by atoms with Crippen LogP contribution in [0.15, 0.2) is 30.6 Å². The van der Waals surface area contributed by atoms with Gasteiger partial charge in [-0.15, -0.1) is 5.10 Å². The Kier molecular flexibility index (Phi) is 4.19. The number of carbonyl (C=O) groups excluding carboxylic acids is 1. The molecule has 0 radical (unpaired) electrons. The minimum Gasteiger partial charge on any atom is -0.444 e. The minimum atomic E-state index is -0.584. The normalized spacial score (nSPS) is 15.7. The number of nitrogens with zero attached hydrogens (tertiary/aromatic N) is 7. The van der Waals surface area contributed by atoms with Crippen LogP contribution in [0.2, 0.25) is 0 Å². The number of rotatable bonds is 3. The SMILES string of the molecule is CC(C)(C)OC(=O)N1CC(CC#N)(n2cc(-c3cccc4nc(N)nn34)cn2)C1. The largest absolute Gasteiger partial charge is 0.444 e. The van der Waals surface area contributed by atoms with Crippen LogP contribution in [-0.2, 0) is 10.3 Å². The van der Waals surface area contributed by atoms with E-state index >= 15 is 0 Å². The molecule has 0 bridgehead atoms. The fourth-order valence-electron chi connectivity index (χ4n) is 3.46. The highest BCUT2D eigenvalue weighted by molar-refractivity contribution is 5.70. The van der Waals surface area contributed by atoms with E-state index in [9.17, 15) is 10.1 Å². The van der Waals surface area contributed by atoms with Gasteiger partial charge in [0.05, 0.1) is 37.5 Å². The monoisotopic (exact) mass is 394 g/mol. The van der Waals surface area contributed by atoms with Crippen LogP contribution in [0, 0.1) is 11.3 Å². The predicted molar refractivity (Wildman–Crippen MR) is 105 cm³/mol. The average molecular weight is 394 g/mol. The fraction of sp³-hybridized carbons (Fsp3) is 0.421. The predicted octanol–water partition coefficient (Wildman–Crippen LogP) is 2.03. The third-order valence-corrected chi connectivity index (χ3v) is 4.77. The number of ether oxygens (including phenoxy) is 1. The van der Waals surface area contributed by atoms with Gasteiger partial charge in [-0.1, -0.05) is 6.07 Å². The smallest absolute Gasteiger partial charge is 0.410 e. The number of pyridine rings is 1. The quantitative estimate of drug-likeness (QED) is 0.720. The van der Waals surface area contributed by atoms with E-state index in [2.05, 4.69) is 21.3 Å². The highest BCUT2D eigenvalue weighted by Crippen LogP contribution is 2.34. The van der Waals surface area contributed by atoms with Crippen LogP contribution in [0.25, 0.3) is 16.9 Å². The summed E-state index contributed by atoms with van der Waals surface area (Å²) in [4.78, 5) is 18.1. The van der Waals surface area contributed by atoms with E-state index in [-0.39, 0.29) is 18.5 Å². The van der Waals surface area contributed by atoms with Crippen LogP contribution in [0.4, 0.5) is 10.7 Å². The molecule has 10 heteroatoms. The summed E-state index contributed by atoms with van der Waals surface area (Å²) in [6.45, 7) is 6.19. The second kappa shape index (κ2) is 6.48. The van der Waals surface area contributed by atoms with E-state index in [1.54, 1.807) is 20.3 Å². The lowest BCUT2D eigenvalue weighted by atomic mass is 9.87. The molecule has 4 rings (SSSR count). The molecule has 10 nitrogen and oxygen atoms in total. The van der Waals surface area contributed by atoms with E-state index < -0.39 is 11.1 Å². The van der Waals surface area contributed by atoms with Gasteiger partial charge in [-0.3, -0.25) is 4.68 Å². The molecule has 1 fully saturated rings. The van der Waals surface area contributed by atoms with Crippen LogP contribution >= 0.6 is 0 Å². The van der Waals surface area contributed by atoms with Crippen molar-refractivity contribution < 1.29 is 9.53 Å². The van der Waals surface area contributed by atoms with Gasteiger partial charge in [0.25, 0.3) is 0 Å². The lowest BCUT2D eigenvalue weighted by molar-refractivity contribution is -0.0314. The van der Waals surface area contributed by atoms with Crippen LogP contribution in [0.3, 0.4) is 0 Å². The van der Waals surface area contributed by atoms with Gasteiger partial charge in [-0.05, 0) is 32.9 Å². The van der Waals surface area contributed by atoms with E-state index in [0.29, 0.717) is 18.7 Å². The molecule has 0 atom stereocenters. The molecule has 29 heavy (non-hydrogen) atoms. The summed E-state index contributed by atoms with van der Waals surface area (Å²) in [6.07, 6.45) is 3.41. The van der Waals surface area contributed by atoms with Gasteiger partial charge in [0, 0.05) is 11.8 Å². The van der Waals surface area contributed by atoms with Crippen molar-refractivity contribution in [2.75, 3.05) is 18.8 Å². The number of carbonyl (C=O) groups is 1. The van der Waals surface area contributed by atoms with Crippen molar-refractivity contribution in [3.05, 3.63) is 30.6 Å². The van der Waals surface area contributed by atoms with Gasteiger partial charge in [0.2, 0.25) is 5.95 Å². The maximum atomic E-state index is 12.3. The number of likely N-dealkylation sites (tertiary alicyclic amines) is 1. The molecule has 150 valence electrons. The maximum Gasteiger partial charge on any atom is 0.410 e. The third-order valence-electron chi connectivity index (χ3n) is 4.77. The van der Waals surface area contributed by atoms with E-state index in [1.165, 1.54) is 0 Å². The number of hydrogen-bond donors (Lipinski definition) is 1.